The maximum atomic E-state index is 9.19. The second-order valence-electron chi connectivity index (χ2n) is 0.733. The van der Waals surface area contributed by atoms with E-state index in [1.165, 1.54) is 0 Å². The number of rotatable bonds is 0. The predicted octanol–water partition coefficient (Wildman–Crippen LogP) is -5.84. The maximum absolute atomic E-state index is 9.19. The molecule has 0 aliphatic rings. The molecule has 0 heterocycles. The molecule has 0 aromatic rings. The van der Waals surface area contributed by atoms with Gasteiger partial charge < -0.3 is 13.7 Å². The molecule has 0 saturated heterocycles. The first kappa shape index (κ1) is 16.1. The molecule has 1 N–H and O–H groups in total. The predicted molar refractivity (Wildman–Crippen MR) is 17.7 cm³/mol. The van der Waals surface area contributed by atoms with Gasteiger partial charge in [0.15, 0.2) is 0 Å². The van der Waals surface area contributed by atoms with E-state index in [1.807, 2.05) is 0 Å². The van der Waals surface area contributed by atoms with Crippen LogP contribution >= 0.6 is 10.9 Å². The van der Waals surface area contributed by atoms with Crippen LogP contribution in [0.5, 0.6) is 0 Å². The molecular formula is CH4Na2O3S. The topological polar surface area (TPSA) is 66.3 Å². The molecule has 0 fully saturated rings. The van der Waals surface area contributed by atoms with Crippen molar-refractivity contribution >= 4 is 10.9 Å². The molecule has 0 saturated carbocycles. The first-order valence-electron chi connectivity index (χ1n) is 0.924. The van der Waals surface area contributed by atoms with Crippen molar-refractivity contribution in [2.75, 3.05) is 6.26 Å². The molecule has 0 aliphatic carbocycles. The maximum Gasteiger partial charge on any atom is 1.00 e. The Labute approximate surface area is 88.6 Å². The Morgan fingerprint density at radius 3 is 1.29 bits per heavy atom. The van der Waals surface area contributed by atoms with Gasteiger partial charge in [0.05, 0.1) is 0 Å². The standard InChI is InChI=1S/CH6O3S.2Na/c1-5(2,3)4;;/h2-4H,1H3;;/q;2*+1/p-2. The minimum Gasteiger partial charge on any atom is -0.804 e. The number of hydrogen-bond donors (Lipinski definition) is 1. The first-order valence-corrected chi connectivity index (χ1v) is 2.77. The van der Waals surface area contributed by atoms with Crippen LogP contribution in [-0.4, -0.2) is 19.9 Å². The summed E-state index contributed by atoms with van der Waals surface area (Å²) in [5, 5.41) is 0. The molecular weight excluding hydrogens is 138 g/mol. The Hall–Kier alpha value is 2.23. The van der Waals surface area contributed by atoms with Gasteiger partial charge in [-0.3, -0.25) is 10.9 Å². The Morgan fingerprint density at radius 2 is 1.29 bits per heavy atom. The fourth-order valence-electron chi connectivity index (χ4n) is 0. The molecule has 0 rings (SSSR count). The molecule has 3 nitrogen and oxygen atoms in total. The van der Waals surface area contributed by atoms with Gasteiger partial charge >= 0.3 is 59.1 Å². The van der Waals surface area contributed by atoms with E-state index in [2.05, 4.69) is 0 Å². The zero-order chi connectivity index (χ0) is 4.50. The minimum atomic E-state index is -3.67. The van der Waals surface area contributed by atoms with Crippen LogP contribution in [0.3, 0.4) is 0 Å². The van der Waals surface area contributed by atoms with Crippen molar-refractivity contribution in [3.8, 4) is 0 Å². The fraction of sp³-hybridized carbons (Fsp3) is 1.00. The van der Waals surface area contributed by atoms with Gasteiger partial charge in [-0.25, -0.2) is 0 Å². The zero-order valence-corrected chi connectivity index (χ0v) is 9.49. The third-order valence-corrected chi connectivity index (χ3v) is 0. The Kier molecular flexibility index (Phi) is 14.6. The Bertz CT molecular complexity index is 28.4. The summed E-state index contributed by atoms with van der Waals surface area (Å²) in [5.74, 6) is 0. The van der Waals surface area contributed by atoms with Gasteiger partial charge in [-0.1, -0.05) is 0 Å². The largest absolute Gasteiger partial charge is 1.00 e. The van der Waals surface area contributed by atoms with Crippen LogP contribution in [0.4, 0.5) is 0 Å². The van der Waals surface area contributed by atoms with E-state index in [0.29, 0.717) is 6.26 Å². The van der Waals surface area contributed by atoms with Gasteiger partial charge in [-0.05, 0) is 6.26 Å². The third kappa shape index (κ3) is 64.2. The van der Waals surface area contributed by atoms with Gasteiger partial charge in [0.2, 0.25) is 0 Å². The number of hydrogen-bond acceptors (Lipinski definition) is 3. The van der Waals surface area contributed by atoms with Crippen LogP contribution in [0, 0.1) is 0 Å². The van der Waals surface area contributed by atoms with Crippen LogP contribution < -0.4 is 59.1 Å². The summed E-state index contributed by atoms with van der Waals surface area (Å²) < 4.78 is 25.9. The van der Waals surface area contributed by atoms with Crippen LogP contribution in [0.2, 0.25) is 0 Å². The van der Waals surface area contributed by atoms with Gasteiger partial charge in [-0.2, -0.15) is 0 Å². The summed E-state index contributed by atoms with van der Waals surface area (Å²) in [6.45, 7) is 0. The molecule has 0 bridgehead atoms. The molecule has 0 atom stereocenters. The molecule has 0 spiro atoms. The van der Waals surface area contributed by atoms with E-state index in [0.717, 1.165) is 0 Å². The second-order valence-corrected chi connectivity index (χ2v) is 2.20. The molecule has 0 aromatic carbocycles. The van der Waals surface area contributed by atoms with Crippen LogP contribution in [0.1, 0.15) is 0 Å². The Balaban J connectivity index is -0.0000000800. The van der Waals surface area contributed by atoms with Crippen LogP contribution in [0.25, 0.3) is 0 Å². The van der Waals surface area contributed by atoms with Crippen molar-refractivity contribution < 1.29 is 72.8 Å². The molecule has 7 heavy (non-hydrogen) atoms. The summed E-state index contributed by atoms with van der Waals surface area (Å²) in [7, 11) is -3.67. The van der Waals surface area contributed by atoms with Gasteiger partial charge in [0.25, 0.3) is 0 Å². The summed E-state index contributed by atoms with van der Waals surface area (Å²) in [6, 6.07) is 0. The second kappa shape index (κ2) is 6.35. The summed E-state index contributed by atoms with van der Waals surface area (Å²) in [6.07, 6.45) is 0.715. The van der Waals surface area contributed by atoms with E-state index in [1.54, 1.807) is 0 Å². The fourth-order valence-corrected chi connectivity index (χ4v) is 0. The molecule has 34 valence electrons. The summed E-state index contributed by atoms with van der Waals surface area (Å²) in [4.78, 5) is 0. The summed E-state index contributed by atoms with van der Waals surface area (Å²) >= 11 is 0. The normalized spacial score (nSPS) is 10.9. The van der Waals surface area contributed by atoms with E-state index in [4.69, 9.17) is 4.55 Å². The summed E-state index contributed by atoms with van der Waals surface area (Å²) in [5.41, 5.74) is 0. The van der Waals surface area contributed by atoms with E-state index in [9.17, 15) is 9.11 Å². The van der Waals surface area contributed by atoms with Gasteiger partial charge in [0.1, 0.15) is 0 Å². The smallest absolute Gasteiger partial charge is 0.804 e. The molecule has 0 unspecified atom stereocenters. The van der Waals surface area contributed by atoms with Gasteiger partial charge in [0, 0.05) is 0 Å². The van der Waals surface area contributed by atoms with Crippen LogP contribution in [-0.2, 0) is 0 Å². The van der Waals surface area contributed by atoms with E-state index < -0.39 is 10.9 Å². The molecule has 0 aliphatic heterocycles. The monoisotopic (exact) mass is 142 g/mol. The van der Waals surface area contributed by atoms with Crippen molar-refractivity contribution in [3.05, 3.63) is 0 Å². The quantitative estimate of drug-likeness (QED) is 0.342. The molecule has 0 amide bonds. The van der Waals surface area contributed by atoms with E-state index in [-0.39, 0.29) is 59.1 Å². The third-order valence-electron chi connectivity index (χ3n) is 0. The average Bonchev–Trinajstić information content (AvgIpc) is 0.722. The molecule has 6 heteroatoms. The van der Waals surface area contributed by atoms with Crippen molar-refractivity contribution in [2.24, 2.45) is 0 Å². The van der Waals surface area contributed by atoms with Crippen molar-refractivity contribution in [1.82, 2.24) is 0 Å². The first-order chi connectivity index (χ1) is 2.00. The van der Waals surface area contributed by atoms with Gasteiger partial charge in [-0.15, -0.1) is 0 Å². The van der Waals surface area contributed by atoms with Crippen LogP contribution in [0.15, 0.2) is 0 Å². The van der Waals surface area contributed by atoms with Crippen molar-refractivity contribution in [1.29, 1.82) is 0 Å². The zero-order valence-electron chi connectivity index (χ0n) is 4.67. The van der Waals surface area contributed by atoms with Crippen molar-refractivity contribution in [3.63, 3.8) is 0 Å². The minimum absolute atomic E-state index is 0. The SMILES string of the molecule is CS([O-])([O-])O.[Na+].[Na+]. The average molecular weight is 142 g/mol. The molecule has 0 radical (unpaired) electrons. The molecule has 0 aromatic heterocycles. The van der Waals surface area contributed by atoms with Crippen molar-refractivity contribution in [2.45, 2.75) is 0 Å². The Morgan fingerprint density at radius 1 is 1.29 bits per heavy atom. The van der Waals surface area contributed by atoms with E-state index >= 15 is 0 Å².